The van der Waals surface area contributed by atoms with Crippen LogP contribution in [0, 0.1) is 0 Å². The fraction of sp³-hybridized carbons (Fsp3) is 0.810. The van der Waals surface area contributed by atoms with Crippen LogP contribution in [0.1, 0.15) is 77.6 Å². The minimum absolute atomic E-state index is 0.330. The molecule has 0 aromatic heterocycles. The van der Waals surface area contributed by atoms with Gasteiger partial charge >= 0.3 is 5.97 Å². The Morgan fingerprint density at radius 2 is 1.52 bits per heavy atom. The molecule has 0 aromatic carbocycles. The quantitative estimate of drug-likeness (QED) is 0.144. The van der Waals surface area contributed by atoms with Crippen LogP contribution < -0.4 is 5.73 Å². The third kappa shape index (κ3) is 10.9. The average Bonchev–Trinajstić information content (AvgIpc) is 2.70. The first-order valence-corrected chi connectivity index (χ1v) is 10.6. The maximum atomic E-state index is 11.7. The molecule has 0 radical (unpaired) electrons. The Kier molecular flexibility index (Phi) is 14.8. The van der Waals surface area contributed by atoms with Gasteiger partial charge in [-0.2, -0.15) is 0 Å². The molecule has 8 heteroatoms. The van der Waals surface area contributed by atoms with E-state index in [1.165, 1.54) is 12.5 Å². The van der Waals surface area contributed by atoms with Crippen molar-refractivity contribution in [2.24, 2.45) is 5.73 Å². The smallest absolute Gasteiger partial charge is 0.328 e. The van der Waals surface area contributed by atoms with Crippen molar-refractivity contribution in [1.29, 1.82) is 0 Å². The summed E-state index contributed by atoms with van der Waals surface area (Å²) in [5.74, 6) is -1.35. The number of carboxylic acid groups (broad SMARTS) is 1. The molecule has 7 N–H and O–H groups in total. The highest BCUT2D eigenvalue weighted by atomic mass is 16.4. The largest absolute Gasteiger partial charge is 0.480 e. The molecule has 0 heterocycles. The number of unbranched alkanes of at least 4 members (excludes halogenated alkanes) is 7. The van der Waals surface area contributed by atoms with Crippen molar-refractivity contribution in [2.45, 2.75) is 101 Å². The van der Waals surface area contributed by atoms with E-state index in [1.807, 2.05) is 0 Å². The third-order valence-corrected chi connectivity index (χ3v) is 5.08. The number of allylic oxidation sites excluding steroid dienone is 1. The Morgan fingerprint density at radius 1 is 0.966 bits per heavy atom. The fourth-order valence-electron chi connectivity index (χ4n) is 2.94. The number of carbonyl (C=O) groups is 2. The summed E-state index contributed by atoms with van der Waals surface area (Å²) in [6.07, 6.45) is 7.50. The predicted octanol–water partition coefficient (Wildman–Crippen LogP) is 1.28. The van der Waals surface area contributed by atoms with Gasteiger partial charge in [0.15, 0.2) is 5.54 Å². The molecule has 4 atom stereocenters. The molecule has 0 fully saturated rings. The summed E-state index contributed by atoms with van der Waals surface area (Å²) in [4.78, 5) is 22.8. The molecule has 170 valence electrons. The number of hydrogen-bond donors (Lipinski definition) is 6. The maximum Gasteiger partial charge on any atom is 0.328 e. The van der Waals surface area contributed by atoms with Gasteiger partial charge in [0.1, 0.15) is 24.1 Å². The first-order valence-electron chi connectivity index (χ1n) is 10.6. The highest BCUT2D eigenvalue weighted by Crippen LogP contribution is 2.15. The van der Waals surface area contributed by atoms with E-state index in [-0.39, 0.29) is 0 Å². The zero-order chi connectivity index (χ0) is 22.3. The van der Waals surface area contributed by atoms with Crippen LogP contribution in [0.2, 0.25) is 0 Å². The number of aliphatic hydroxyl groups excluding tert-OH is 4. The Hall–Kier alpha value is -1.32. The third-order valence-electron chi connectivity index (χ3n) is 5.08. The summed E-state index contributed by atoms with van der Waals surface area (Å²) >= 11 is 0. The molecule has 0 rings (SSSR count). The van der Waals surface area contributed by atoms with Crippen molar-refractivity contribution in [1.82, 2.24) is 0 Å². The number of carboxylic acids is 1. The summed E-state index contributed by atoms with van der Waals surface area (Å²) < 4.78 is 0. The molecule has 0 aliphatic rings. The summed E-state index contributed by atoms with van der Waals surface area (Å²) in [5.41, 5.74) is 2.93. The monoisotopic (exact) mass is 417 g/mol. The average molecular weight is 418 g/mol. The maximum absolute atomic E-state index is 11.7. The van der Waals surface area contributed by atoms with Crippen LogP contribution in [-0.4, -0.2) is 67.7 Å². The number of aliphatic hydroxyl groups is 4. The van der Waals surface area contributed by atoms with Crippen LogP contribution in [0.15, 0.2) is 12.2 Å². The van der Waals surface area contributed by atoms with E-state index in [4.69, 9.17) is 15.9 Å². The second kappa shape index (κ2) is 15.5. The van der Waals surface area contributed by atoms with Crippen LogP contribution in [0.3, 0.4) is 0 Å². The zero-order valence-corrected chi connectivity index (χ0v) is 17.5. The van der Waals surface area contributed by atoms with Crippen LogP contribution in [0.5, 0.6) is 0 Å². The molecule has 0 saturated heterocycles. The Morgan fingerprint density at radius 3 is 2.03 bits per heavy atom. The molecule has 0 aliphatic carbocycles. The standard InChI is InChI=1S/C21H39NO7/c1-2-3-4-9-12-16(24)13-10-7-5-6-8-11-14-17(25)18(26)19(27)21(22,15-23)20(28)29/h11,14,17-19,23,25-27H,2-10,12-13,15,22H2,1H3,(H,28,29)/b14-11+/t17-,18+,19-,21-/m0/s1. The van der Waals surface area contributed by atoms with E-state index in [0.29, 0.717) is 25.0 Å². The number of hydrogen-bond acceptors (Lipinski definition) is 7. The molecule has 0 bridgehead atoms. The van der Waals surface area contributed by atoms with Crippen molar-refractivity contribution in [2.75, 3.05) is 6.61 Å². The van der Waals surface area contributed by atoms with Gasteiger partial charge in [-0.15, -0.1) is 0 Å². The highest BCUT2D eigenvalue weighted by Gasteiger charge is 2.46. The molecule has 29 heavy (non-hydrogen) atoms. The van der Waals surface area contributed by atoms with Gasteiger partial charge in [0.25, 0.3) is 0 Å². The van der Waals surface area contributed by atoms with Crippen molar-refractivity contribution in [3.8, 4) is 0 Å². The molecule has 0 saturated carbocycles. The number of carbonyl (C=O) groups excluding carboxylic acids is 1. The summed E-state index contributed by atoms with van der Waals surface area (Å²) in [5, 5.41) is 47.7. The van der Waals surface area contributed by atoms with Gasteiger partial charge in [-0.05, 0) is 25.7 Å². The SMILES string of the molecule is CCCCCCC(=O)CCCCCC/C=C/[C@H](O)[C@@H](O)[C@H](O)[C@@](N)(CO)C(=O)O. The first-order chi connectivity index (χ1) is 13.7. The number of nitrogens with two attached hydrogens (primary N) is 1. The van der Waals surface area contributed by atoms with E-state index < -0.39 is 36.4 Å². The Bertz CT molecular complexity index is 497. The molecule has 0 unspecified atom stereocenters. The molecule has 8 nitrogen and oxygen atoms in total. The van der Waals surface area contributed by atoms with Crippen molar-refractivity contribution >= 4 is 11.8 Å². The molecule has 0 aromatic rings. The van der Waals surface area contributed by atoms with Gasteiger partial charge in [0, 0.05) is 12.8 Å². The van der Waals surface area contributed by atoms with Gasteiger partial charge in [0.2, 0.25) is 0 Å². The summed E-state index contributed by atoms with van der Waals surface area (Å²) in [6.45, 7) is 1.06. The molecule has 0 amide bonds. The van der Waals surface area contributed by atoms with Crippen molar-refractivity contribution < 1.29 is 35.1 Å². The van der Waals surface area contributed by atoms with E-state index in [2.05, 4.69) is 6.92 Å². The normalized spacial score (nSPS) is 17.0. The highest BCUT2D eigenvalue weighted by molar-refractivity contribution is 5.79. The van der Waals surface area contributed by atoms with Crippen molar-refractivity contribution in [3.05, 3.63) is 12.2 Å². The van der Waals surface area contributed by atoms with E-state index in [1.54, 1.807) is 6.08 Å². The molecular formula is C21H39NO7. The number of aliphatic carboxylic acids is 1. The van der Waals surface area contributed by atoms with Gasteiger partial charge in [-0.3, -0.25) is 9.59 Å². The van der Waals surface area contributed by atoms with Gasteiger partial charge < -0.3 is 31.3 Å². The molecule has 0 aliphatic heterocycles. The van der Waals surface area contributed by atoms with Crippen LogP contribution in [-0.2, 0) is 9.59 Å². The summed E-state index contributed by atoms with van der Waals surface area (Å²) in [7, 11) is 0. The number of rotatable bonds is 18. The summed E-state index contributed by atoms with van der Waals surface area (Å²) in [6, 6.07) is 0. The van der Waals surface area contributed by atoms with Gasteiger partial charge in [-0.25, -0.2) is 0 Å². The predicted molar refractivity (Wildman–Crippen MR) is 110 cm³/mol. The molecular weight excluding hydrogens is 378 g/mol. The van der Waals surface area contributed by atoms with E-state index >= 15 is 0 Å². The van der Waals surface area contributed by atoms with Crippen LogP contribution in [0.25, 0.3) is 0 Å². The minimum Gasteiger partial charge on any atom is -0.480 e. The minimum atomic E-state index is -2.46. The lowest BCUT2D eigenvalue weighted by molar-refractivity contribution is -0.158. The second-order valence-corrected chi connectivity index (χ2v) is 7.66. The lowest BCUT2D eigenvalue weighted by Gasteiger charge is -2.32. The lowest BCUT2D eigenvalue weighted by Crippen LogP contribution is -2.65. The van der Waals surface area contributed by atoms with E-state index in [0.717, 1.165) is 44.9 Å². The number of ketones is 1. The fourth-order valence-corrected chi connectivity index (χ4v) is 2.94. The topological polar surface area (TPSA) is 161 Å². The van der Waals surface area contributed by atoms with Crippen LogP contribution in [0.4, 0.5) is 0 Å². The molecule has 0 spiro atoms. The first kappa shape index (κ1) is 27.7. The lowest BCUT2D eigenvalue weighted by atomic mass is 9.88. The van der Waals surface area contributed by atoms with E-state index in [9.17, 15) is 24.9 Å². The van der Waals surface area contributed by atoms with Crippen LogP contribution >= 0.6 is 0 Å². The van der Waals surface area contributed by atoms with Crippen molar-refractivity contribution in [3.63, 3.8) is 0 Å². The Balaban J connectivity index is 3.99. The Labute approximate surface area is 173 Å². The second-order valence-electron chi connectivity index (χ2n) is 7.66. The zero-order valence-electron chi connectivity index (χ0n) is 17.5. The van der Waals surface area contributed by atoms with Gasteiger partial charge in [-0.1, -0.05) is 51.2 Å². The number of Topliss-reactive ketones (excluding diaryl/α,β-unsaturated/α-hetero) is 1. The van der Waals surface area contributed by atoms with Gasteiger partial charge in [0.05, 0.1) is 6.61 Å².